The first-order valence-corrected chi connectivity index (χ1v) is 4.54. The maximum atomic E-state index is 11.4. The lowest BCUT2D eigenvalue weighted by Crippen LogP contribution is -2.25. The first-order valence-electron chi connectivity index (χ1n) is 4.54. The van der Waals surface area contributed by atoms with Crippen LogP contribution in [-0.4, -0.2) is 9.97 Å². The fourth-order valence-corrected chi connectivity index (χ4v) is 1.81. The van der Waals surface area contributed by atoms with Crippen LogP contribution in [0.25, 0.3) is 0 Å². The van der Waals surface area contributed by atoms with Crippen molar-refractivity contribution in [2.24, 2.45) is 5.92 Å². The zero-order chi connectivity index (χ0) is 9.42. The van der Waals surface area contributed by atoms with E-state index in [1.807, 2.05) is 0 Å². The maximum absolute atomic E-state index is 11.4. The van der Waals surface area contributed by atoms with E-state index in [0.717, 1.165) is 30.5 Å². The number of nitrogens with zero attached hydrogens (tertiary/aromatic N) is 1. The highest BCUT2D eigenvalue weighted by molar-refractivity contribution is 5.27. The normalized spacial score (nSPS) is 21.2. The number of rotatable bonds is 0. The smallest absolute Gasteiger partial charge is 0.255 e. The highest BCUT2D eigenvalue weighted by atomic mass is 16.1. The van der Waals surface area contributed by atoms with Gasteiger partial charge in [0.05, 0.1) is 5.69 Å². The van der Waals surface area contributed by atoms with Gasteiger partial charge in [-0.05, 0) is 25.2 Å². The Hall–Kier alpha value is -1.32. The van der Waals surface area contributed by atoms with Crippen molar-refractivity contribution in [1.29, 1.82) is 0 Å². The number of hydrogen-bond acceptors (Lipinski definition) is 3. The second kappa shape index (κ2) is 2.87. The Bertz CT molecular complexity index is 383. The minimum Gasteiger partial charge on any atom is -0.369 e. The molecule has 0 spiro atoms. The zero-order valence-electron chi connectivity index (χ0n) is 7.63. The van der Waals surface area contributed by atoms with Gasteiger partial charge in [0.1, 0.15) is 0 Å². The Morgan fingerprint density at radius 2 is 2.38 bits per heavy atom. The average molecular weight is 179 g/mol. The van der Waals surface area contributed by atoms with Gasteiger partial charge in [-0.2, -0.15) is 0 Å². The molecule has 1 heterocycles. The van der Waals surface area contributed by atoms with Gasteiger partial charge in [0.15, 0.2) is 0 Å². The van der Waals surface area contributed by atoms with Crippen molar-refractivity contribution < 1.29 is 0 Å². The number of aromatic nitrogens is 2. The number of anilines is 1. The molecule has 4 heteroatoms. The molecule has 1 aromatic rings. The van der Waals surface area contributed by atoms with Gasteiger partial charge < -0.3 is 5.73 Å². The molecular weight excluding hydrogens is 166 g/mol. The minimum absolute atomic E-state index is 0.0607. The van der Waals surface area contributed by atoms with Crippen LogP contribution in [0, 0.1) is 5.92 Å². The first kappa shape index (κ1) is 8.29. The summed E-state index contributed by atoms with van der Waals surface area (Å²) in [5, 5.41) is 0. The van der Waals surface area contributed by atoms with Crippen LogP contribution in [0.15, 0.2) is 4.79 Å². The molecule has 0 fully saturated rings. The monoisotopic (exact) mass is 179 g/mol. The number of fused-ring (bicyclic) bond motifs is 1. The lowest BCUT2D eigenvalue weighted by atomic mass is 9.89. The van der Waals surface area contributed by atoms with E-state index >= 15 is 0 Å². The molecular formula is C9H13N3O. The van der Waals surface area contributed by atoms with Gasteiger partial charge in [-0.3, -0.25) is 9.78 Å². The van der Waals surface area contributed by atoms with E-state index < -0.39 is 0 Å². The van der Waals surface area contributed by atoms with Crippen LogP contribution in [0.1, 0.15) is 24.6 Å². The fraction of sp³-hybridized carbons (Fsp3) is 0.556. The summed E-state index contributed by atoms with van der Waals surface area (Å²) < 4.78 is 0. The van der Waals surface area contributed by atoms with Crippen molar-refractivity contribution in [2.75, 3.05) is 5.73 Å². The highest BCUT2D eigenvalue weighted by Gasteiger charge is 2.19. The van der Waals surface area contributed by atoms with Crippen LogP contribution in [0.2, 0.25) is 0 Å². The van der Waals surface area contributed by atoms with Crippen molar-refractivity contribution in [3.8, 4) is 0 Å². The molecule has 0 bridgehead atoms. The van der Waals surface area contributed by atoms with Gasteiger partial charge in [-0.25, -0.2) is 4.98 Å². The molecule has 1 aliphatic carbocycles. The van der Waals surface area contributed by atoms with E-state index in [2.05, 4.69) is 16.9 Å². The van der Waals surface area contributed by atoms with Gasteiger partial charge in [-0.1, -0.05) is 6.92 Å². The van der Waals surface area contributed by atoms with Gasteiger partial charge in [0.25, 0.3) is 5.56 Å². The molecule has 1 atom stereocenters. The molecule has 3 N–H and O–H groups in total. The number of H-pyrrole nitrogens is 1. The zero-order valence-corrected chi connectivity index (χ0v) is 7.63. The molecule has 0 saturated heterocycles. The van der Waals surface area contributed by atoms with E-state index in [4.69, 9.17) is 5.73 Å². The van der Waals surface area contributed by atoms with Crippen LogP contribution in [0.4, 0.5) is 5.95 Å². The van der Waals surface area contributed by atoms with Crippen molar-refractivity contribution in [1.82, 2.24) is 9.97 Å². The lowest BCUT2D eigenvalue weighted by molar-refractivity contribution is 0.489. The summed E-state index contributed by atoms with van der Waals surface area (Å²) in [5.41, 5.74) is 7.12. The number of nitrogen functional groups attached to an aromatic ring is 1. The van der Waals surface area contributed by atoms with Crippen molar-refractivity contribution in [3.63, 3.8) is 0 Å². The second-order valence-electron chi connectivity index (χ2n) is 3.72. The molecule has 4 nitrogen and oxygen atoms in total. The largest absolute Gasteiger partial charge is 0.369 e. The molecule has 0 radical (unpaired) electrons. The molecule has 0 aliphatic heterocycles. The Labute approximate surface area is 76.2 Å². The SMILES string of the molecule is CC1CCc2c(nc(N)[nH]c2=O)C1. The summed E-state index contributed by atoms with van der Waals surface area (Å²) >= 11 is 0. The molecule has 1 unspecified atom stereocenters. The number of nitrogens with two attached hydrogens (primary N) is 1. The van der Waals surface area contributed by atoms with Crippen LogP contribution in [-0.2, 0) is 12.8 Å². The highest BCUT2D eigenvalue weighted by Crippen LogP contribution is 2.20. The molecule has 1 aliphatic rings. The van der Waals surface area contributed by atoms with E-state index in [1.165, 1.54) is 0 Å². The number of hydrogen-bond donors (Lipinski definition) is 2. The molecule has 0 saturated carbocycles. The summed E-state index contributed by atoms with van der Waals surface area (Å²) in [6.07, 6.45) is 2.78. The average Bonchev–Trinajstić information content (AvgIpc) is 2.02. The van der Waals surface area contributed by atoms with Gasteiger partial charge in [0, 0.05) is 5.56 Å². The Morgan fingerprint density at radius 1 is 1.62 bits per heavy atom. The summed E-state index contributed by atoms with van der Waals surface area (Å²) in [4.78, 5) is 18.1. The standard InChI is InChI=1S/C9H13N3O/c1-5-2-3-6-7(4-5)11-9(10)12-8(6)13/h5H,2-4H2,1H3,(H3,10,11,12,13). The third kappa shape index (κ3) is 1.43. The lowest BCUT2D eigenvalue weighted by Gasteiger charge is -2.19. The second-order valence-corrected chi connectivity index (χ2v) is 3.72. The van der Waals surface area contributed by atoms with Crippen molar-refractivity contribution in [2.45, 2.75) is 26.2 Å². The molecule has 13 heavy (non-hydrogen) atoms. The van der Waals surface area contributed by atoms with E-state index in [9.17, 15) is 4.79 Å². The summed E-state index contributed by atoms with van der Waals surface area (Å²) in [5.74, 6) is 0.846. The van der Waals surface area contributed by atoms with Crippen LogP contribution in [0.5, 0.6) is 0 Å². The fourth-order valence-electron chi connectivity index (χ4n) is 1.81. The quantitative estimate of drug-likeness (QED) is 0.608. The molecule has 2 rings (SSSR count). The van der Waals surface area contributed by atoms with Crippen LogP contribution >= 0.6 is 0 Å². The third-order valence-electron chi connectivity index (χ3n) is 2.55. The molecule has 0 amide bonds. The number of aromatic amines is 1. The number of nitrogens with one attached hydrogen (secondary N) is 1. The molecule has 1 aromatic heterocycles. The Kier molecular flexibility index (Phi) is 1.83. The maximum Gasteiger partial charge on any atom is 0.255 e. The first-order chi connectivity index (χ1) is 6.16. The van der Waals surface area contributed by atoms with Crippen LogP contribution < -0.4 is 11.3 Å². The predicted molar refractivity (Wildman–Crippen MR) is 50.5 cm³/mol. The third-order valence-corrected chi connectivity index (χ3v) is 2.55. The van der Waals surface area contributed by atoms with Gasteiger partial charge in [0.2, 0.25) is 5.95 Å². The van der Waals surface area contributed by atoms with Crippen molar-refractivity contribution in [3.05, 3.63) is 21.6 Å². The Morgan fingerprint density at radius 3 is 3.15 bits per heavy atom. The minimum atomic E-state index is -0.0607. The topological polar surface area (TPSA) is 71.8 Å². The van der Waals surface area contributed by atoms with E-state index in [1.54, 1.807) is 0 Å². The summed E-state index contributed by atoms with van der Waals surface area (Å²) in [6.45, 7) is 2.17. The van der Waals surface area contributed by atoms with Crippen molar-refractivity contribution >= 4 is 5.95 Å². The van der Waals surface area contributed by atoms with E-state index in [-0.39, 0.29) is 11.5 Å². The van der Waals surface area contributed by atoms with E-state index in [0.29, 0.717) is 5.92 Å². The Balaban J connectivity index is 2.53. The molecule has 0 aromatic carbocycles. The predicted octanol–water partition coefficient (Wildman–Crippen LogP) is 0.477. The van der Waals surface area contributed by atoms with Gasteiger partial charge in [-0.15, -0.1) is 0 Å². The summed E-state index contributed by atoms with van der Waals surface area (Å²) in [6, 6.07) is 0. The van der Waals surface area contributed by atoms with Gasteiger partial charge >= 0.3 is 0 Å². The van der Waals surface area contributed by atoms with Crippen LogP contribution in [0.3, 0.4) is 0 Å². The summed E-state index contributed by atoms with van der Waals surface area (Å²) in [7, 11) is 0. The molecule has 70 valence electrons.